The van der Waals surface area contributed by atoms with E-state index in [1.54, 1.807) is 0 Å². The number of aromatic nitrogens is 2. The van der Waals surface area contributed by atoms with Crippen LogP contribution in [-0.4, -0.2) is 77.4 Å². The summed E-state index contributed by atoms with van der Waals surface area (Å²) in [6.45, 7) is 17.9. The summed E-state index contributed by atoms with van der Waals surface area (Å²) in [5.41, 5.74) is 7.62. The molecule has 5 heterocycles. The van der Waals surface area contributed by atoms with Gasteiger partial charge in [-0.1, -0.05) is 13.8 Å². The number of nitrogens with zero attached hydrogens (tertiary/aromatic N) is 6. The molecule has 1 amide bonds. The lowest BCUT2D eigenvalue weighted by molar-refractivity contribution is 0.00320. The van der Waals surface area contributed by atoms with Crippen molar-refractivity contribution in [3.8, 4) is 0 Å². The Morgan fingerprint density at radius 1 is 1.03 bits per heavy atom. The van der Waals surface area contributed by atoms with Gasteiger partial charge in [-0.2, -0.15) is 0 Å². The van der Waals surface area contributed by atoms with Crippen molar-refractivity contribution in [3.63, 3.8) is 0 Å². The zero-order valence-corrected chi connectivity index (χ0v) is 23.5. The number of benzene rings is 1. The highest BCUT2D eigenvalue weighted by Gasteiger charge is 2.52. The number of anilines is 2. The summed E-state index contributed by atoms with van der Waals surface area (Å²) in [7, 11) is 0. The first kappa shape index (κ1) is 25.2. The number of rotatable bonds is 5. The van der Waals surface area contributed by atoms with Gasteiger partial charge in [-0.3, -0.25) is 9.69 Å². The van der Waals surface area contributed by atoms with Gasteiger partial charge in [-0.05, 0) is 68.0 Å². The predicted molar refractivity (Wildman–Crippen MR) is 154 cm³/mol. The molecule has 202 valence electrons. The third kappa shape index (κ3) is 4.35. The Balaban J connectivity index is 0.00000129. The Hall–Kier alpha value is -3.06. The summed E-state index contributed by atoms with van der Waals surface area (Å²) >= 11 is 0. The summed E-state index contributed by atoms with van der Waals surface area (Å²) in [5.74, 6) is 1.04. The van der Waals surface area contributed by atoms with Crippen molar-refractivity contribution in [2.45, 2.75) is 47.1 Å². The van der Waals surface area contributed by atoms with Crippen molar-refractivity contribution in [2.24, 2.45) is 11.3 Å². The molecule has 1 spiro atoms. The van der Waals surface area contributed by atoms with Gasteiger partial charge in [0, 0.05) is 94.2 Å². The number of aryl methyl sites for hydroxylation is 1. The van der Waals surface area contributed by atoms with E-state index in [0.29, 0.717) is 5.41 Å². The fourth-order valence-corrected chi connectivity index (χ4v) is 7.23. The van der Waals surface area contributed by atoms with Crippen molar-refractivity contribution in [3.05, 3.63) is 59.5 Å². The number of piperazine rings is 1. The molecular formula is C31H42N6O. The minimum atomic E-state index is 0.191. The number of hydrogen-bond acceptors (Lipinski definition) is 5. The van der Waals surface area contributed by atoms with E-state index in [1.807, 2.05) is 37.2 Å². The number of fused-ring (bicyclic) bond motifs is 2. The van der Waals surface area contributed by atoms with Crippen molar-refractivity contribution in [1.29, 1.82) is 0 Å². The highest BCUT2D eigenvalue weighted by atomic mass is 16.2. The molecule has 0 radical (unpaired) electrons. The van der Waals surface area contributed by atoms with Crippen LogP contribution in [-0.2, 0) is 6.54 Å². The Morgan fingerprint density at radius 2 is 1.79 bits per heavy atom. The van der Waals surface area contributed by atoms with Crippen LogP contribution in [0, 0.1) is 18.3 Å². The maximum Gasteiger partial charge on any atom is 0.254 e. The maximum absolute atomic E-state index is 12.4. The van der Waals surface area contributed by atoms with Crippen LogP contribution in [0.3, 0.4) is 0 Å². The van der Waals surface area contributed by atoms with E-state index in [9.17, 15) is 4.79 Å². The standard InChI is InChI=1S/C29H36N6O.C2H6/c1-3-32-17-23-13-24(4-5-25(23)28(32)36)35-19-29(20-35)14-22(15-29)16-31-8-10-33(11-9-31)26-18-34-7-6-30-27(34)12-21(26)2;1-2/h4-7,12-13,18,22H,3,8-11,14-17,19-20H2,1-2H3;1-2H3. The quantitative estimate of drug-likeness (QED) is 0.495. The van der Waals surface area contributed by atoms with E-state index in [2.05, 4.69) is 62.3 Å². The molecule has 0 N–H and O–H groups in total. The highest BCUT2D eigenvalue weighted by molar-refractivity contribution is 5.98. The van der Waals surface area contributed by atoms with Gasteiger partial charge >= 0.3 is 0 Å². The smallest absolute Gasteiger partial charge is 0.254 e. The van der Waals surface area contributed by atoms with E-state index in [-0.39, 0.29) is 5.91 Å². The average Bonchev–Trinajstić information content (AvgIpc) is 3.48. The number of imidazole rings is 1. The Bertz CT molecular complexity index is 1310. The van der Waals surface area contributed by atoms with E-state index in [0.717, 1.165) is 56.4 Å². The molecule has 3 aliphatic heterocycles. The predicted octanol–water partition coefficient (Wildman–Crippen LogP) is 4.68. The fourth-order valence-electron chi connectivity index (χ4n) is 7.23. The van der Waals surface area contributed by atoms with Crippen molar-refractivity contribution in [1.82, 2.24) is 19.2 Å². The van der Waals surface area contributed by atoms with Gasteiger partial charge < -0.3 is 19.1 Å². The van der Waals surface area contributed by atoms with E-state index in [1.165, 1.54) is 55.0 Å². The number of carbonyl (C=O) groups excluding carboxylic acids is 1. The zero-order valence-electron chi connectivity index (χ0n) is 23.5. The molecule has 3 aromatic rings. The third-order valence-electron chi connectivity index (χ3n) is 9.15. The SMILES string of the molecule is CC.CCN1Cc2cc(N3CC4(CC(CN5CCN(c6cn7ccnc7cc6C)CC5)C4)C3)ccc2C1=O. The topological polar surface area (TPSA) is 47.3 Å². The van der Waals surface area contributed by atoms with E-state index in [4.69, 9.17) is 0 Å². The van der Waals surface area contributed by atoms with Crippen molar-refractivity contribution in [2.75, 3.05) is 62.2 Å². The molecule has 38 heavy (non-hydrogen) atoms. The van der Waals surface area contributed by atoms with E-state index < -0.39 is 0 Å². The molecule has 2 aromatic heterocycles. The lowest BCUT2D eigenvalue weighted by Gasteiger charge is -2.60. The van der Waals surface area contributed by atoms with Crippen LogP contribution in [0.15, 0.2) is 42.9 Å². The molecule has 1 aliphatic carbocycles. The summed E-state index contributed by atoms with van der Waals surface area (Å²) in [6, 6.07) is 8.66. The highest BCUT2D eigenvalue weighted by Crippen LogP contribution is 2.53. The largest absolute Gasteiger partial charge is 0.370 e. The van der Waals surface area contributed by atoms with Gasteiger partial charge in [0.2, 0.25) is 0 Å². The number of amides is 1. The van der Waals surface area contributed by atoms with Crippen LogP contribution >= 0.6 is 0 Å². The minimum Gasteiger partial charge on any atom is -0.370 e. The van der Waals surface area contributed by atoms with Crippen LogP contribution in [0.2, 0.25) is 0 Å². The minimum absolute atomic E-state index is 0.191. The summed E-state index contributed by atoms with van der Waals surface area (Å²) < 4.78 is 2.13. The fraction of sp³-hybridized carbons (Fsp3) is 0.548. The Labute approximate surface area is 227 Å². The van der Waals surface area contributed by atoms with Gasteiger partial charge in [-0.25, -0.2) is 4.98 Å². The zero-order chi connectivity index (χ0) is 26.4. The normalized spacial score (nSPS) is 20.8. The lowest BCUT2D eigenvalue weighted by Crippen LogP contribution is -2.64. The number of pyridine rings is 1. The third-order valence-corrected chi connectivity index (χ3v) is 9.15. The lowest BCUT2D eigenvalue weighted by atomic mass is 9.57. The first-order valence-electron chi connectivity index (χ1n) is 14.6. The summed E-state index contributed by atoms with van der Waals surface area (Å²) in [4.78, 5) is 26.5. The molecular weight excluding hydrogens is 472 g/mol. The Morgan fingerprint density at radius 3 is 2.53 bits per heavy atom. The second kappa shape index (κ2) is 9.92. The first-order valence-corrected chi connectivity index (χ1v) is 14.6. The van der Waals surface area contributed by atoms with E-state index >= 15 is 0 Å². The van der Waals surface area contributed by atoms with Gasteiger partial charge in [0.15, 0.2) is 0 Å². The van der Waals surface area contributed by atoms with Crippen molar-refractivity contribution < 1.29 is 4.79 Å². The number of carbonyl (C=O) groups is 1. The summed E-state index contributed by atoms with van der Waals surface area (Å²) in [6.07, 6.45) is 8.88. The Kier molecular flexibility index (Phi) is 6.58. The molecule has 2 saturated heterocycles. The molecule has 7 rings (SSSR count). The molecule has 0 unspecified atom stereocenters. The van der Waals surface area contributed by atoms with Crippen LogP contribution < -0.4 is 9.80 Å². The molecule has 1 aromatic carbocycles. The average molecular weight is 515 g/mol. The van der Waals surface area contributed by atoms with Crippen LogP contribution in [0.4, 0.5) is 11.4 Å². The monoisotopic (exact) mass is 514 g/mol. The first-order chi connectivity index (χ1) is 18.5. The van der Waals surface area contributed by atoms with Crippen LogP contribution in [0.5, 0.6) is 0 Å². The maximum atomic E-state index is 12.4. The van der Waals surface area contributed by atoms with Crippen LogP contribution in [0.1, 0.15) is 55.1 Å². The molecule has 0 bridgehead atoms. The van der Waals surface area contributed by atoms with Gasteiger partial charge in [0.25, 0.3) is 5.91 Å². The molecule has 7 heteroatoms. The molecule has 4 aliphatic rings. The van der Waals surface area contributed by atoms with Crippen molar-refractivity contribution >= 4 is 22.9 Å². The molecule has 0 atom stereocenters. The molecule has 3 fully saturated rings. The van der Waals surface area contributed by atoms with Gasteiger partial charge in [0.05, 0.1) is 5.69 Å². The number of hydrogen-bond donors (Lipinski definition) is 0. The second-order valence-corrected chi connectivity index (χ2v) is 11.6. The molecule has 1 saturated carbocycles. The summed E-state index contributed by atoms with van der Waals surface area (Å²) in [5, 5.41) is 0. The second-order valence-electron chi connectivity index (χ2n) is 11.6. The van der Waals surface area contributed by atoms with Gasteiger partial charge in [0.1, 0.15) is 5.65 Å². The molecule has 7 nitrogen and oxygen atoms in total. The van der Waals surface area contributed by atoms with Crippen LogP contribution in [0.25, 0.3) is 5.65 Å². The van der Waals surface area contributed by atoms with Gasteiger partial charge in [-0.15, -0.1) is 0 Å².